The van der Waals surface area contributed by atoms with Gasteiger partial charge in [-0.25, -0.2) is 14.5 Å². The van der Waals surface area contributed by atoms with Gasteiger partial charge in [-0.1, -0.05) is 0 Å². The molecule has 18 heavy (non-hydrogen) atoms. The van der Waals surface area contributed by atoms with Crippen molar-refractivity contribution in [1.29, 1.82) is 0 Å². The maximum atomic E-state index is 11.5. The lowest BCUT2D eigenvalue weighted by molar-refractivity contribution is 0.159. The van der Waals surface area contributed by atoms with E-state index in [1.54, 1.807) is 24.6 Å². The molecule has 0 radical (unpaired) electrons. The Balaban J connectivity index is 2.76. The zero-order chi connectivity index (χ0) is 13.8. The summed E-state index contributed by atoms with van der Waals surface area (Å²) in [6.07, 6.45) is 0.286. The minimum absolute atomic E-state index is 0.0836. The molecule has 0 atom stereocenters. The van der Waals surface area contributed by atoms with Crippen molar-refractivity contribution >= 4 is 37.9 Å². The molecule has 0 aliphatic heterocycles. The second-order valence-electron chi connectivity index (χ2n) is 3.26. The highest BCUT2D eigenvalue weighted by Gasteiger charge is 2.15. The highest BCUT2D eigenvalue weighted by Crippen LogP contribution is 2.17. The summed E-state index contributed by atoms with van der Waals surface area (Å²) >= 11 is 3.19. The Hall–Kier alpha value is -1.35. The van der Waals surface area contributed by atoms with Crippen LogP contribution in [0.15, 0.2) is 16.9 Å². The van der Waals surface area contributed by atoms with Gasteiger partial charge in [0.2, 0.25) is 0 Å². The average Bonchev–Trinajstić information content (AvgIpc) is 2.22. The Kier molecular flexibility index (Phi) is 4.91. The Bertz CT molecular complexity index is 547. The largest absolute Gasteiger partial charge is 0.449 e. The lowest BCUT2D eigenvalue weighted by Crippen LogP contribution is -2.35. The molecule has 0 aliphatic carbocycles. The standard InChI is InChI=1S/C9H12BrN3O4S/c1-3-17-9(14)13-18(15,16)12-7-4-6(2)8(10)11-5-7/h4-5,12H,3H2,1-2H3,(H,13,14). The monoisotopic (exact) mass is 337 g/mol. The van der Waals surface area contributed by atoms with Crippen molar-refractivity contribution in [2.45, 2.75) is 13.8 Å². The second-order valence-corrected chi connectivity index (χ2v) is 5.43. The fourth-order valence-corrected chi connectivity index (χ4v) is 2.03. The van der Waals surface area contributed by atoms with Crippen LogP contribution in [-0.4, -0.2) is 26.1 Å². The van der Waals surface area contributed by atoms with Gasteiger partial charge in [-0.2, -0.15) is 8.42 Å². The average molecular weight is 338 g/mol. The molecule has 7 nitrogen and oxygen atoms in total. The number of nitrogens with zero attached hydrogens (tertiary/aromatic N) is 1. The fraction of sp³-hybridized carbons (Fsp3) is 0.333. The number of ether oxygens (including phenoxy) is 1. The van der Waals surface area contributed by atoms with Crippen molar-refractivity contribution in [3.63, 3.8) is 0 Å². The lowest BCUT2D eigenvalue weighted by Gasteiger charge is -2.09. The van der Waals surface area contributed by atoms with Crippen molar-refractivity contribution in [2.75, 3.05) is 11.3 Å². The first-order valence-corrected chi connectivity index (χ1v) is 7.21. The van der Waals surface area contributed by atoms with Crippen LogP contribution in [0, 0.1) is 6.92 Å². The van der Waals surface area contributed by atoms with Crippen LogP contribution in [0.3, 0.4) is 0 Å². The summed E-state index contributed by atoms with van der Waals surface area (Å²) in [5.74, 6) is 0. The van der Waals surface area contributed by atoms with Crippen molar-refractivity contribution in [1.82, 2.24) is 9.71 Å². The minimum atomic E-state index is -4.02. The van der Waals surface area contributed by atoms with E-state index in [1.165, 1.54) is 6.20 Å². The number of carbonyl (C=O) groups excluding carboxylic acids is 1. The predicted octanol–water partition coefficient (Wildman–Crippen LogP) is 1.56. The summed E-state index contributed by atoms with van der Waals surface area (Å²) < 4.78 is 32.0. The molecule has 0 bridgehead atoms. The van der Waals surface area contributed by atoms with Gasteiger partial charge in [0.25, 0.3) is 0 Å². The number of anilines is 1. The van der Waals surface area contributed by atoms with Gasteiger partial charge in [-0.05, 0) is 41.4 Å². The van der Waals surface area contributed by atoms with Crippen LogP contribution in [0.1, 0.15) is 12.5 Å². The van der Waals surface area contributed by atoms with Gasteiger partial charge in [0.1, 0.15) is 4.60 Å². The van der Waals surface area contributed by atoms with E-state index in [0.29, 0.717) is 4.60 Å². The molecular weight excluding hydrogens is 326 g/mol. The summed E-state index contributed by atoms with van der Waals surface area (Å²) in [5, 5.41) is 0. The smallest absolute Gasteiger partial charge is 0.422 e. The zero-order valence-electron chi connectivity index (χ0n) is 9.73. The highest BCUT2D eigenvalue weighted by molar-refractivity contribution is 9.10. The van der Waals surface area contributed by atoms with Crippen molar-refractivity contribution in [2.24, 2.45) is 0 Å². The first-order chi connectivity index (χ1) is 8.34. The lowest BCUT2D eigenvalue weighted by atomic mass is 10.3. The van der Waals surface area contributed by atoms with E-state index in [4.69, 9.17) is 0 Å². The second kappa shape index (κ2) is 6.01. The van der Waals surface area contributed by atoms with E-state index in [2.05, 4.69) is 30.4 Å². The van der Waals surface area contributed by atoms with E-state index in [9.17, 15) is 13.2 Å². The first-order valence-electron chi connectivity index (χ1n) is 4.93. The summed E-state index contributed by atoms with van der Waals surface area (Å²) in [6.45, 7) is 3.41. The van der Waals surface area contributed by atoms with Gasteiger partial charge in [0, 0.05) is 0 Å². The number of hydrogen-bond donors (Lipinski definition) is 2. The zero-order valence-corrected chi connectivity index (χ0v) is 12.1. The number of aromatic nitrogens is 1. The molecule has 100 valence electrons. The molecule has 1 rings (SSSR count). The number of nitrogens with one attached hydrogen (secondary N) is 2. The molecule has 0 aromatic carbocycles. The normalized spacial score (nSPS) is 10.8. The van der Waals surface area contributed by atoms with Gasteiger partial charge in [-0.15, -0.1) is 0 Å². The molecule has 0 fully saturated rings. The molecule has 0 aliphatic rings. The van der Waals surface area contributed by atoms with Crippen LogP contribution < -0.4 is 9.44 Å². The van der Waals surface area contributed by atoms with Crippen molar-refractivity contribution in [3.05, 3.63) is 22.4 Å². The number of amides is 1. The molecule has 1 amide bonds. The highest BCUT2D eigenvalue weighted by atomic mass is 79.9. The SMILES string of the molecule is CCOC(=O)NS(=O)(=O)Nc1cnc(Br)c(C)c1. The molecule has 0 unspecified atom stereocenters. The third-order valence-electron chi connectivity index (χ3n) is 1.76. The maximum absolute atomic E-state index is 11.5. The molecule has 1 aromatic rings. The third-order valence-corrected chi connectivity index (χ3v) is 3.53. The third kappa shape index (κ3) is 4.49. The van der Waals surface area contributed by atoms with Crippen molar-refractivity contribution < 1.29 is 17.9 Å². The Labute approximate surface area is 113 Å². The van der Waals surface area contributed by atoms with Crippen LogP contribution in [-0.2, 0) is 14.9 Å². The Morgan fingerprint density at radius 3 is 2.78 bits per heavy atom. The molecule has 0 spiro atoms. The van der Waals surface area contributed by atoms with Gasteiger partial charge >= 0.3 is 16.3 Å². The van der Waals surface area contributed by atoms with Crippen LogP contribution in [0.4, 0.5) is 10.5 Å². The summed E-state index contributed by atoms with van der Waals surface area (Å²) in [5.41, 5.74) is 0.999. The summed E-state index contributed by atoms with van der Waals surface area (Å²) in [7, 11) is -4.02. The molecule has 0 saturated heterocycles. The van der Waals surface area contributed by atoms with Crippen molar-refractivity contribution in [3.8, 4) is 0 Å². The van der Waals surface area contributed by atoms with E-state index < -0.39 is 16.3 Å². The van der Waals surface area contributed by atoms with Gasteiger partial charge in [-0.3, -0.25) is 4.72 Å². The van der Waals surface area contributed by atoms with Crippen LogP contribution in [0.2, 0.25) is 0 Å². The first kappa shape index (κ1) is 14.7. The van der Waals surface area contributed by atoms with Gasteiger partial charge < -0.3 is 4.74 Å². The van der Waals surface area contributed by atoms with E-state index >= 15 is 0 Å². The van der Waals surface area contributed by atoms with Crippen LogP contribution in [0.25, 0.3) is 0 Å². The predicted molar refractivity (Wildman–Crippen MR) is 69.4 cm³/mol. The molecule has 0 saturated carbocycles. The van der Waals surface area contributed by atoms with Crippen LogP contribution in [0.5, 0.6) is 0 Å². The number of halogens is 1. The minimum Gasteiger partial charge on any atom is -0.449 e. The fourth-order valence-electron chi connectivity index (χ4n) is 1.06. The summed E-state index contributed by atoms with van der Waals surface area (Å²) in [4.78, 5) is 14.9. The number of rotatable bonds is 4. The number of hydrogen-bond acceptors (Lipinski definition) is 5. The molecule has 9 heteroatoms. The molecule has 2 N–H and O–H groups in total. The van der Waals surface area contributed by atoms with Gasteiger partial charge in [0.15, 0.2) is 0 Å². The topological polar surface area (TPSA) is 97.4 Å². The Morgan fingerprint density at radius 1 is 1.56 bits per heavy atom. The number of pyridine rings is 1. The Morgan fingerprint density at radius 2 is 2.22 bits per heavy atom. The van der Waals surface area contributed by atoms with E-state index in [1.807, 2.05) is 0 Å². The van der Waals surface area contributed by atoms with Crippen LogP contribution >= 0.6 is 15.9 Å². The number of aryl methyl sites for hydroxylation is 1. The molecular formula is C9H12BrN3O4S. The molecule has 1 heterocycles. The number of carbonyl (C=O) groups is 1. The van der Waals surface area contributed by atoms with Gasteiger partial charge in [0.05, 0.1) is 18.5 Å². The van der Waals surface area contributed by atoms with E-state index in [-0.39, 0.29) is 12.3 Å². The quantitative estimate of drug-likeness (QED) is 0.812. The van der Waals surface area contributed by atoms with E-state index in [0.717, 1.165) is 5.56 Å². The summed E-state index contributed by atoms with van der Waals surface area (Å²) in [6, 6.07) is 1.57. The maximum Gasteiger partial charge on any atom is 0.422 e. The molecule has 1 aromatic heterocycles.